The molecule has 1 heterocycles. The van der Waals surface area contributed by atoms with Crippen LogP contribution in [0.25, 0.3) is 0 Å². The van der Waals surface area contributed by atoms with Crippen LogP contribution in [0.15, 0.2) is 18.2 Å². The molecule has 1 aromatic rings. The first-order valence-electron chi connectivity index (χ1n) is 6.64. The van der Waals surface area contributed by atoms with E-state index in [2.05, 4.69) is 5.32 Å². The van der Waals surface area contributed by atoms with E-state index in [1.165, 1.54) is 12.1 Å². The number of rotatable bonds is 3. The van der Waals surface area contributed by atoms with Crippen LogP contribution in [0.2, 0.25) is 0 Å². The Morgan fingerprint density at radius 3 is 2.38 bits per heavy atom. The second-order valence-corrected chi connectivity index (χ2v) is 5.15. The summed E-state index contributed by atoms with van der Waals surface area (Å²) in [4.78, 5) is 1.71. The Kier molecular flexibility index (Phi) is 6.43. The third-order valence-electron chi connectivity index (χ3n) is 3.53. The van der Waals surface area contributed by atoms with Gasteiger partial charge in [-0.1, -0.05) is 12.1 Å². The Hall–Kier alpha value is -0.850. The molecule has 0 radical (unpaired) electrons. The Morgan fingerprint density at radius 2 is 1.86 bits per heavy atom. The molecule has 0 amide bonds. The summed E-state index contributed by atoms with van der Waals surface area (Å²) in [5.41, 5.74) is 0.840. The van der Waals surface area contributed by atoms with Gasteiger partial charge in [0.2, 0.25) is 0 Å². The van der Waals surface area contributed by atoms with Gasteiger partial charge < -0.3 is 5.32 Å². The van der Waals surface area contributed by atoms with Crippen LogP contribution in [-0.4, -0.2) is 37.3 Å². The number of nitrogens with one attached hydrogen (secondary N) is 1. The third-order valence-corrected chi connectivity index (χ3v) is 3.53. The molecule has 0 saturated carbocycles. The molecule has 120 valence electrons. The number of hydrogen-bond acceptors (Lipinski definition) is 2. The van der Waals surface area contributed by atoms with E-state index >= 15 is 0 Å². The van der Waals surface area contributed by atoms with Gasteiger partial charge in [-0.2, -0.15) is 13.2 Å². The van der Waals surface area contributed by atoms with Crippen molar-refractivity contribution in [2.75, 3.05) is 26.2 Å². The number of aryl methyl sites for hydroxylation is 1. The van der Waals surface area contributed by atoms with Crippen molar-refractivity contribution in [3.05, 3.63) is 35.1 Å². The van der Waals surface area contributed by atoms with Crippen LogP contribution in [0.4, 0.5) is 17.6 Å². The molecule has 0 spiro atoms. The fourth-order valence-electron chi connectivity index (χ4n) is 2.55. The first-order valence-corrected chi connectivity index (χ1v) is 6.64. The normalized spacial score (nSPS) is 18.1. The fraction of sp³-hybridized carbons (Fsp3) is 0.571. The van der Waals surface area contributed by atoms with Gasteiger partial charge in [-0.05, 0) is 18.6 Å². The smallest absolute Gasteiger partial charge is 0.314 e. The van der Waals surface area contributed by atoms with Crippen molar-refractivity contribution in [3.8, 4) is 0 Å². The zero-order chi connectivity index (χ0) is 14.8. The van der Waals surface area contributed by atoms with E-state index in [-0.39, 0.29) is 18.0 Å². The number of alkyl halides is 3. The van der Waals surface area contributed by atoms with Crippen LogP contribution in [0.3, 0.4) is 0 Å². The summed E-state index contributed by atoms with van der Waals surface area (Å²) in [5.74, 6) is -0.558. The van der Waals surface area contributed by atoms with Crippen LogP contribution in [0, 0.1) is 12.7 Å². The maximum atomic E-state index is 14.0. The van der Waals surface area contributed by atoms with Crippen molar-refractivity contribution in [3.63, 3.8) is 0 Å². The van der Waals surface area contributed by atoms with E-state index < -0.39 is 24.5 Å². The lowest BCUT2D eigenvalue weighted by Crippen LogP contribution is -2.46. The fourth-order valence-corrected chi connectivity index (χ4v) is 2.55. The predicted molar refractivity (Wildman–Crippen MR) is 76.2 cm³/mol. The number of hydrogen-bond donors (Lipinski definition) is 1. The molecule has 0 aliphatic carbocycles. The van der Waals surface area contributed by atoms with Crippen LogP contribution in [0.5, 0.6) is 0 Å². The standard InChI is InChI=1S/C14H18F4N2.ClH/c1-10-2-3-11(12(15)8-10)13(9-14(16,17)18)20-6-4-19-5-7-20;/h2-3,8,13,19H,4-7,9H2,1H3;1H/t13-;/m1./s1. The SMILES string of the molecule is Cc1ccc([C@@H](CC(F)(F)F)N2CCNCC2)c(F)c1.Cl. The first-order chi connectivity index (χ1) is 9.37. The van der Waals surface area contributed by atoms with E-state index in [0.29, 0.717) is 31.7 Å². The molecular formula is C14H19ClF4N2. The monoisotopic (exact) mass is 326 g/mol. The van der Waals surface area contributed by atoms with Crippen molar-refractivity contribution in [1.29, 1.82) is 0 Å². The van der Waals surface area contributed by atoms with Crippen LogP contribution >= 0.6 is 12.4 Å². The highest BCUT2D eigenvalue weighted by molar-refractivity contribution is 5.85. The zero-order valence-electron chi connectivity index (χ0n) is 11.7. The summed E-state index contributed by atoms with van der Waals surface area (Å²) in [6, 6.07) is 3.48. The quantitative estimate of drug-likeness (QED) is 0.856. The van der Waals surface area contributed by atoms with Gasteiger partial charge in [0.1, 0.15) is 5.82 Å². The predicted octanol–water partition coefficient (Wildman–Crippen LogP) is 3.45. The molecule has 1 aliphatic rings. The van der Waals surface area contributed by atoms with Gasteiger partial charge in [-0.15, -0.1) is 12.4 Å². The van der Waals surface area contributed by atoms with Gasteiger partial charge in [-0.3, -0.25) is 4.90 Å². The molecule has 0 aromatic heterocycles. The Bertz CT molecular complexity index is 459. The van der Waals surface area contributed by atoms with E-state index in [1.807, 2.05) is 0 Å². The molecule has 1 atom stereocenters. The Morgan fingerprint density at radius 1 is 1.24 bits per heavy atom. The molecule has 1 fully saturated rings. The maximum absolute atomic E-state index is 14.0. The van der Waals surface area contributed by atoms with E-state index in [4.69, 9.17) is 0 Å². The second kappa shape index (κ2) is 7.42. The van der Waals surface area contributed by atoms with Crippen LogP contribution in [-0.2, 0) is 0 Å². The molecule has 21 heavy (non-hydrogen) atoms. The molecule has 1 N–H and O–H groups in total. The molecule has 7 heteroatoms. The number of benzene rings is 1. The minimum atomic E-state index is -4.31. The van der Waals surface area contributed by atoms with Gasteiger partial charge in [-0.25, -0.2) is 4.39 Å². The van der Waals surface area contributed by atoms with Gasteiger partial charge >= 0.3 is 6.18 Å². The van der Waals surface area contributed by atoms with E-state index in [1.54, 1.807) is 17.9 Å². The minimum Gasteiger partial charge on any atom is -0.314 e. The summed E-state index contributed by atoms with van der Waals surface area (Å²) >= 11 is 0. The average Bonchev–Trinajstić information content (AvgIpc) is 2.36. The van der Waals surface area contributed by atoms with Gasteiger partial charge in [0, 0.05) is 37.8 Å². The van der Waals surface area contributed by atoms with Gasteiger partial charge in [0.15, 0.2) is 0 Å². The number of nitrogens with zero attached hydrogens (tertiary/aromatic N) is 1. The molecule has 1 aliphatic heterocycles. The third kappa shape index (κ3) is 5.13. The molecule has 2 rings (SSSR count). The molecule has 0 bridgehead atoms. The maximum Gasteiger partial charge on any atom is 0.390 e. The van der Waals surface area contributed by atoms with Gasteiger partial charge in [0.25, 0.3) is 0 Å². The van der Waals surface area contributed by atoms with Crippen molar-refractivity contribution in [1.82, 2.24) is 10.2 Å². The van der Waals surface area contributed by atoms with E-state index in [0.717, 1.165) is 0 Å². The molecular weight excluding hydrogens is 308 g/mol. The van der Waals surface area contributed by atoms with Crippen molar-refractivity contribution >= 4 is 12.4 Å². The largest absolute Gasteiger partial charge is 0.390 e. The minimum absolute atomic E-state index is 0. The zero-order valence-corrected chi connectivity index (χ0v) is 12.5. The lowest BCUT2D eigenvalue weighted by Gasteiger charge is -2.35. The topological polar surface area (TPSA) is 15.3 Å². The Balaban J connectivity index is 0.00000220. The summed E-state index contributed by atoms with van der Waals surface area (Å²) in [6.07, 6.45) is -5.33. The van der Waals surface area contributed by atoms with Crippen LogP contribution in [0.1, 0.15) is 23.6 Å². The highest BCUT2D eigenvalue weighted by Gasteiger charge is 2.36. The summed E-state index contributed by atoms with van der Waals surface area (Å²) in [6.45, 7) is 3.96. The highest BCUT2D eigenvalue weighted by atomic mass is 35.5. The molecule has 2 nitrogen and oxygen atoms in total. The highest BCUT2D eigenvalue weighted by Crippen LogP contribution is 2.35. The Labute approximate surface area is 127 Å². The number of halogens is 5. The molecule has 1 aromatic carbocycles. The average molecular weight is 327 g/mol. The van der Waals surface area contributed by atoms with E-state index in [9.17, 15) is 17.6 Å². The second-order valence-electron chi connectivity index (χ2n) is 5.15. The molecule has 1 saturated heterocycles. The lowest BCUT2D eigenvalue weighted by atomic mass is 9.99. The lowest BCUT2D eigenvalue weighted by molar-refractivity contribution is -0.149. The molecule has 0 unspecified atom stereocenters. The van der Waals surface area contributed by atoms with Gasteiger partial charge in [0.05, 0.1) is 6.42 Å². The summed E-state index contributed by atoms with van der Waals surface area (Å²) in [7, 11) is 0. The first kappa shape index (κ1) is 18.2. The summed E-state index contributed by atoms with van der Waals surface area (Å²) < 4.78 is 52.4. The number of piperazine rings is 1. The van der Waals surface area contributed by atoms with Crippen molar-refractivity contribution in [2.45, 2.75) is 25.6 Å². The van der Waals surface area contributed by atoms with Crippen molar-refractivity contribution in [2.24, 2.45) is 0 Å². The van der Waals surface area contributed by atoms with Crippen LogP contribution < -0.4 is 5.32 Å². The van der Waals surface area contributed by atoms with Crippen molar-refractivity contribution < 1.29 is 17.6 Å². The summed E-state index contributed by atoms with van der Waals surface area (Å²) in [5, 5.41) is 3.09.